The summed E-state index contributed by atoms with van der Waals surface area (Å²) >= 11 is 0. The lowest BCUT2D eigenvalue weighted by Crippen LogP contribution is -2.17. The van der Waals surface area contributed by atoms with Crippen LogP contribution < -0.4 is 10.1 Å². The first-order valence-electron chi connectivity index (χ1n) is 8.76. The molecular weight excluding hydrogens is 306 g/mol. The zero-order valence-electron chi connectivity index (χ0n) is 14.9. The van der Waals surface area contributed by atoms with Crippen molar-refractivity contribution in [2.24, 2.45) is 0 Å². The van der Waals surface area contributed by atoms with Gasteiger partial charge in [0.25, 0.3) is 0 Å². The molecule has 3 aromatic carbocycles. The Morgan fingerprint density at radius 1 is 0.840 bits per heavy atom. The van der Waals surface area contributed by atoms with Crippen molar-refractivity contribution in [2.45, 2.75) is 33.0 Å². The fourth-order valence-corrected chi connectivity index (χ4v) is 2.80. The third-order valence-electron chi connectivity index (χ3n) is 4.32. The van der Waals surface area contributed by atoms with Crippen molar-refractivity contribution in [3.8, 4) is 5.75 Å². The van der Waals surface area contributed by atoms with E-state index in [0.717, 1.165) is 12.3 Å². The first-order valence-corrected chi connectivity index (χ1v) is 8.76. The van der Waals surface area contributed by atoms with E-state index >= 15 is 0 Å². The Morgan fingerprint density at radius 3 is 2.32 bits per heavy atom. The lowest BCUT2D eigenvalue weighted by Gasteiger charge is -2.14. The third-order valence-corrected chi connectivity index (χ3v) is 4.32. The minimum absolute atomic E-state index is 0.332. The molecule has 0 aliphatic rings. The summed E-state index contributed by atoms with van der Waals surface area (Å²) in [5, 5.41) is 3.56. The summed E-state index contributed by atoms with van der Waals surface area (Å²) in [6.45, 7) is 5.73. The average molecular weight is 331 g/mol. The topological polar surface area (TPSA) is 21.3 Å². The Balaban J connectivity index is 1.50. The molecule has 0 aliphatic heterocycles. The Bertz CT molecular complexity index is 781. The summed E-state index contributed by atoms with van der Waals surface area (Å²) in [6.07, 6.45) is 0. The molecule has 0 aromatic heterocycles. The minimum Gasteiger partial charge on any atom is -0.489 e. The maximum absolute atomic E-state index is 5.88. The summed E-state index contributed by atoms with van der Waals surface area (Å²) in [6, 6.07) is 27.6. The smallest absolute Gasteiger partial charge is 0.119 e. The van der Waals surface area contributed by atoms with Crippen LogP contribution in [0.2, 0.25) is 0 Å². The second-order valence-corrected chi connectivity index (χ2v) is 6.43. The summed E-state index contributed by atoms with van der Waals surface area (Å²) < 4.78 is 5.88. The highest BCUT2D eigenvalue weighted by Crippen LogP contribution is 2.16. The highest BCUT2D eigenvalue weighted by atomic mass is 16.5. The zero-order chi connectivity index (χ0) is 17.5. The molecule has 0 unspecified atom stereocenters. The van der Waals surface area contributed by atoms with Crippen LogP contribution >= 0.6 is 0 Å². The molecule has 0 heterocycles. The quantitative estimate of drug-likeness (QED) is 0.624. The van der Waals surface area contributed by atoms with Gasteiger partial charge >= 0.3 is 0 Å². The Hall–Kier alpha value is -2.58. The van der Waals surface area contributed by atoms with Crippen LogP contribution in [-0.4, -0.2) is 0 Å². The number of hydrogen-bond acceptors (Lipinski definition) is 2. The van der Waals surface area contributed by atoms with Crippen molar-refractivity contribution in [1.29, 1.82) is 0 Å². The summed E-state index contributed by atoms with van der Waals surface area (Å²) in [4.78, 5) is 0. The van der Waals surface area contributed by atoms with Crippen molar-refractivity contribution in [3.63, 3.8) is 0 Å². The molecule has 0 spiro atoms. The summed E-state index contributed by atoms with van der Waals surface area (Å²) in [5.74, 6) is 0.904. The molecule has 0 bridgehead atoms. The van der Waals surface area contributed by atoms with E-state index < -0.39 is 0 Å². The van der Waals surface area contributed by atoms with Gasteiger partial charge in [-0.1, -0.05) is 72.3 Å². The molecule has 0 aliphatic carbocycles. The Kier molecular flexibility index (Phi) is 5.86. The van der Waals surface area contributed by atoms with E-state index in [9.17, 15) is 0 Å². The first-order chi connectivity index (χ1) is 12.2. The van der Waals surface area contributed by atoms with E-state index in [-0.39, 0.29) is 0 Å². The largest absolute Gasteiger partial charge is 0.489 e. The molecule has 0 saturated carbocycles. The fourth-order valence-electron chi connectivity index (χ4n) is 2.80. The predicted molar refractivity (Wildman–Crippen MR) is 104 cm³/mol. The van der Waals surface area contributed by atoms with Crippen LogP contribution in [-0.2, 0) is 13.2 Å². The van der Waals surface area contributed by atoms with Crippen LogP contribution in [0.5, 0.6) is 5.75 Å². The molecule has 2 nitrogen and oxygen atoms in total. The molecular formula is C23H25NO. The van der Waals surface area contributed by atoms with Crippen molar-refractivity contribution in [3.05, 3.63) is 101 Å². The van der Waals surface area contributed by atoms with E-state index in [0.29, 0.717) is 12.6 Å². The van der Waals surface area contributed by atoms with Gasteiger partial charge in [0.2, 0.25) is 0 Å². The molecule has 3 rings (SSSR count). The van der Waals surface area contributed by atoms with Gasteiger partial charge in [-0.25, -0.2) is 0 Å². The molecule has 0 radical (unpaired) electrons. The van der Waals surface area contributed by atoms with Crippen LogP contribution in [0.25, 0.3) is 0 Å². The normalized spacial score (nSPS) is 11.9. The molecule has 1 N–H and O–H groups in total. The number of nitrogens with one attached hydrogen (secondary N) is 1. The SMILES string of the molecule is Cc1cccc(COc2ccc(CN[C@H](C)c3ccccc3)cc2)c1. The first kappa shape index (κ1) is 17.2. The van der Waals surface area contributed by atoms with Crippen molar-refractivity contribution >= 4 is 0 Å². The minimum atomic E-state index is 0.332. The van der Waals surface area contributed by atoms with E-state index in [4.69, 9.17) is 4.74 Å². The van der Waals surface area contributed by atoms with Gasteiger partial charge in [-0.2, -0.15) is 0 Å². The fraction of sp³-hybridized carbons (Fsp3) is 0.217. The average Bonchev–Trinajstić information content (AvgIpc) is 2.66. The van der Waals surface area contributed by atoms with Crippen LogP contribution in [0, 0.1) is 6.92 Å². The number of rotatable bonds is 7. The van der Waals surface area contributed by atoms with Crippen LogP contribution in [0.4, 0.5) is 0 Å². The Labute approximate surface area is 150 Å². The monoisotopic (exact) mass is 331 g/mol. The van der Waals surface area contributed by atoms with Crippen molar-refractivity contribution < 1.29 is 4.74 Å². The van der Waals surface area contributed by atoms with Crippen LogP contribution in [0.15, 0.2) is 78.9 Å². The molecule has 25 heavy (non-hydrogen) atoms. The van der Waals surface area contributed by atoms with Gasteiger partial charge in [0, 0.05) is 12.6 Å². The van der Waals surface area contributed by atoms with E-state index in [1.54, 1.807) is 0 Å². The molecule has 0 fully saturated rings. The Morgan fingerprint density at radius 2 is 1.60 bits per heavy atom. The maximum atomic E-state index is 5.88. The summed E-state index contributed by atoms with van der Waals surface area (Å²) in [7, 11) is 0. The lowest BCUT2D eigenvalue weighted by molar-refractivity contribution is 0.306. The van der Waals surface area contributed by atoms with Gasteiger partial charge in [-0.05, 0) is 42.7 Å². The highest BCUT2D eigenvalue weighted by molar-refractivity contribution is 5.28. The third kappa shape index (κ3) is 5.20. The van der Waals surface area contributed by atoms with Gasteiger partial charge in [0.1, 0.15) is 12.4 Å². The summed E-state index contributed by atoms with van der Waals surface area (Å²) in [5.41, 5.74) is 5.02. The second-order valence-electron chi connectivity index (χ2n) is 6.43. The molecule has 0 amide bonds. The zero-order valence-corrected chi connectivity index (χ0v) is 14.9. The second kappa shape index (κ2) is 8.50. The number of aryl methyl sites for hydroxylation is 1. The number of hydrogen-bond donors (Lipinski definition) is 1. The van der Waals surface area contributed by atoms with Crippen LogP contribution in [0.3, 0.4) is 0 Å². The maximum Gasteiger partial charge on any atom is 0.119 e. The van der Waals surface area contributed by atoms with Gasteiger partial charge in [0.05, 0.1) is 0 Å². The van der Waals surface area contributed by atoms with E-state index in [2.05, 4.69) is 79.8 Å². The lowest BCUT2D eigenvalue weighted by atomic mass is 10.1. The molecule has 1 atom stereocenters. The highest BCUT2D eigenvalue weighted by Gasteiger charge is 2.04. The van der Waals surface area contributed by atoms with Gasteiger partial charge < -0.3 is 10.1 Å². The molecule has 0 saturated heterocycles. The standard InChI is InChI=1S/C23H25NO/c1-18-7-6-8-21(15-18)17-25-23-13-11-20(12-14-23)16-24-19(2)22-9-4-3-5-10-22/h3-15,19,24H,16-17H2,1-2H3/t19-/m1/s1. The van der Waals surface area contributed by atoms with E-state index in [1.807, 2.05) is 18.2 Å². The molecule has 2 heteroatoms. The number of ether oxygens (including phenoxy) is 1. The van der Waals surface area contributed by atoms with Gasteiger partial charge in [-0.15, -0.1) is 0 Å². The van der Waals surface area contributed by atoms with Gasteiger partial charge in [-0.3, -0.25) is 0 Å². The van der Waals surface area contributed by atoms with Crippen molar-refractivity contribution in [1.82, 2.24) is 5.32 Å². The van der Waals surface area contributed by atoms with Crippen molar-refractivity contribution in [2.75, 3.05) is 0 Å². The molecule has 3 aromatic rings. The van der Waals surface area contributed by atoms with Gasteiger partial charge in [0.15, 0.2) is 0 Å². The molecule has 128 valence electrons. The van der Waals surface area contributed by atoms with Crippen LogP contribution in [0.1, 0.15) is 35.2 Å². The predicted octanol–water partition coefficient (Wildman–Crippen LogP) is 5.42. The number of benzene rings is 3. The van der Waals surface area contributed by atoms with E-state index in [1.165, 1.54) is 22.3 Å².